The van der Waals surface area contributed by atoms with Crippen molar-refractivity contribution in [3.63, 3.8) is 0 Å². The quantitative estimate of drug-likeness (QED) is 0.555. The largest absolute Gasteiger partial charge is 0.307 e. The fourth-order valence-electron chi connectivity index (χ4n) is 3.40. The monoisotopic (exact) mass is 420 g/mol. The summed E-state index contributed by atoms with van der Waals surface area (Å²) >= 11 is 18.5. The van der Waals surface area contributed by atoms with Crippen LogP contribution in [0.1, 0.15) is 31.5 Å². The van der Waals surface area contributed by atoms with Crippen LogP contribution < -0.4 is 5.32 Å². The van der Waals surface area contributed by atoms with Crippen LogP contribution in [-0.4, -0.2) is 20.8 Å². The van der Waals surface area contributed by atoms with Crippen LogP contribution in [0, 0.1) is 0 Å². The molecule has 0 spiro atoms. The van der Waals surface area contributed by atoms with Crippen LogP contribution in [0.4, 0.5) is 0 Å². The molecule has 2 aromatic carbocycles. The zero-order valence-corrected chi connectivity index (χ0v) is 16.9. The highest BCUT2D eigenvalue weighted by Gasteiger charge is 2.18. The summed E-state index contributed by atoms with van der Waals surface area (Å²) in [6.07, 6.45) is 5.01. The SMILES string of the molecule is Clc1ccc(-c2nc(CNC3CCCC3)nn2-c2ccc(Cl)cc2Cl)cc1. The minimum atomic E-state index is 0.526. The van der Waals surface area contributed by atoms with Crippen LogP contribution in [0.25, 0.3) is 17.1 Å². The van der Waals surface area contributed by atoms with Crippen molar-refractivity contribution >= 4 is 34.8 Å². The molecule has 0 aliphatic heterocycles. The smallest absolute Gasteiger partial charge is 0.165 e. The van der Waals surface area contributed by atoms with Gasteiger partial charge in [0.15, 0.2) is 11.6 Å². The summed E-state index contributed by atoms with van der Waals surface area (Å²) < 4.78 is 1.77. The Balaban J connectivity index is 1.71. The van der Waals surface area contributed by atoms with Crippen molar-refractivity contribution in [3.8, 4) is 17.1 Å². The first-order chi connectivity index (χ1) is 13.1. The van der Waals surface area contributed by atoms with Gasteiger partial charge in [-0.25, -0.2) is 9.67 Å². The molecule has 4 rings (SSSR count). The van der Waals surface area contributed by atoms with Crippen LogP contribution in [0.5, 0.6) is 0 Å². The van der Waals surface area contributed by atoms with Gasteiger partial charge in [0.1, 0.15) is 0 Å². The van der Waals surface area contributed by atoms with E-state index in [1.807, 2.05) is 30.3 Å². The van der Waals surface area contributed by atoms with Gasteiger partial charge >= 0.3 is 0 Å². The number of benzene rings is 2. The molecule has 0 bridgehead atoms. The number of aromatic nitrogens is 3. The number of hydrogen-bond acceptors (Lipinski definition) is 3. The van der Waals surface area contributed by atoms with Crippen LogP contribution in [-0.2, 0) is 6.54 Å². The summed E-state index contributed by atoms with van der Waals surface area (Å²) in [5, 5.41) is 10.1. The van der Waals surface area contributed by atoms with Gasteiger partial charge in [0.25, 0.3) is 0 Å². The highest BCUT2D eigenvalue weighted by Crippen LogP contribution is 2.29. The lowest BCUT2D eigenvalue weighted by atomic mass is 10.2. The van der Waals surface area contributed by atoms with Crippen molar-refractivity contribution in [1.29, 1.82) is 0 Å². The molecule has 0 radical (unpaired) electrons. The summed E-state index contributed by atoms with van der Waals surface area (Å²) in [6.45, 7) is 0.628. The maximum Gasteiger partial charge on any atom is 0.165 e. The summed E-state index contributed by atoms with van der Waals surface area (Å²) in [7, 11) is 0. The zero-order valence-electron chi connectivity index (χ0n) is 14.6. The summed E-state index contributed by atoms with van der Waals surface area (Å²) in [5.74, 6) is 1.46. The molecule has 1 aliphatic carbocycles. The molecule has 1 N–H and O–H groups in total. The zero-order chi connectivity index (χ0) is 18.8. The van der Waals surface area contributed by atoms with E-state index in [2.05, 4.69) is 5.32 Å². The minimum Gasteiger partial charge on any atom is -0.307 e. The number of nitrogens with one attached hydrogen (secondary N) is 1. The predicted molar refractivity (Wildman–Crippen MR) is 111 cm³/mol. The van der Waals surface area contributed by atoms with Gasteiger partial charge in [0.2, 0.25) is 0 Å². The first-order valence-corrected chi connectivity index (χ1v) is 10.1. The second kappa shape index (κ2) is 8.19. The van der Waals surface area contributed by atoms with Crippen LogP contribution >= 0.6 is 34.8 Å². The van der Waals surface area contributed by atoms with E-state index in [4.69, 9.17) is 44.9 Å². The summed E-state index contributed by atoms with van der Waals surface area (Å²) in [5.41, 5.74) is 1.66. The Morgan fingerprint density at radius 2 is 1.67 bits per heavy atom. The molecule has 3 aromatic rings. The van der Waals surface area contributed by atoms with Crippen molar-refractivity contribution in [2.45, 2.75) is 38.3 Å². The van der Waals surface area contributed by atoms with E-state index < -0.39 is 0 Å². The molecule has 7 heteroatoms. The second-order valence-electron chi connectivity index (χ2n) is 6.73. The maximum atomic E-state index is 6.43. The lowest BCUT2D eigenvalue weighted by Crippen LogP contribution is -2.25. The van der Waals surface area contributed by atoms with Crippen LogP contribution in [0.3, 0.4) is 0 Å². The molecule has 1 aromatic heterocycles. The third-order valence-corrected chi connectivity index (χ3v) is 5.59. The molecule has 0 atom stereocenters. The van der Waals surface area contributed by atoms with Gasteiger partial charge in [-0.15, -0.1) is 5.10 Å². The van der Waals surface area contributed by atoms with Gasteiger partial charge < -0.3 is 5.32 Å². The number of hydrogen-bond donors (Lipinski definition) is 1. The molecule has 0 unspecified atom stereocenters. The Bertz CT molecular complexity index is 931. The second-order valence-corrected chi connectivity index (χ2v) is 8.01. The summed E-state index contributed by atoms with van der Waals surface area (Å²) in [4.78, 5) is 4.77. The predicted octanol–water partition coefficient (Wildman–Crippen LogP) is 5.93. The summed E-state index contributed by atoms with van der Waals surface area (Å²) in [6, 6.07) is 13.5. The van der Waals surface area contributed by atoms with Crippen molar-refractivity contribution < 1.29 is 0 Å². The van der Waals surface area contributed by atoms with Crippen LogP contribution in [0.15, 0.2) is 42.5 Å². The number of rotatable bonds is 5. The first-order valence-electron chi connectivity index (χ1n) is 9.01. The van der Waals surface area contributed by atoms with Crippen LogP contribution in [0.2, 0.25) is 15.1 Å². The normalized spacial score (nSPS) is 14.8. The fourth-order valence-corrected chi connectivity index (χ4v) is 4.02. The third-order valence-electron chi connectivity index (χ3n) is 4.80. The Morgan fingerprint density at radius 3 is 2.37 bits per heavy atom. The Labute approximate surface area is 173 Å². The topological polar surface area (TPSA) is 42.7 Å². The van der Waals surface area contributed by atoms with E-state index >= 15 is 0 Å². The molecule has 1 saturated carbocycles. The lowest BCUT2D eigenvalue weighted by Gasteiger charge is -2.09. The Morgan fingerprint density at radius 1 is 0.963 bits per heavy atom. The van der Waals surface area contributed by atoms with E-state index in [9.17, 15) is 0 Å². The minimum absolute atomic E-state index is 0.526. The van der Waals surface area contributed by atoms with Crippen molar-refractivity contribution in [3.05, 3.63) is 63.4 Å². The highest BCUT2D eigenvalue weighted by molar-refractivity contribution is 6.35. The van der Waals surface area contributed by atoms with Crippen molar-refractivity contribution in [2.24, 2.45) is 0 Å². The molecule has 1 aliphatic rings. The Kier molecular flexibility index (Phi) is 5.69. The maximum absolute atomic E-state index is 6.43. The molecule has 4 nitrogen and oxygen atoms in total. The van der Waals surface area contributed by atoms with E-state index in [1.54, 1.807) is 16.8 Å². The van der Waals surface area contributed by atoms with Gasteiger partial charge in [0, 0.05) is 21.7 Å². The van der Waals surface area contributed by atoms with E-state index in [0.29, 0.717) is 27.7 Å². The molecule has 1 heterocycles. The first kappa shape index (κ1) is 18.8. The van der Waals surface area contributed by atoms with Gasteiger partial charge in [-0.3, -0.25) is 0 Å². The number of nitrogens with zero attached hydrogens (tertiary/aromatic N) is 3. The van der Waals surface area contributed by atoms with Crippen molar-refractivity contribution in [2.75, 3.05) is 0 Å². The van der Waals surface area contributed by atoms with Gasteiger partial charge in [-0.1, -0.05) is 47.6 Å². The van der Waals surface area contributed by atoms with E-state index in [0.717, 1.165) is 22.9 Å². The molecule has 140 valence electrons. The number of halogens is 3. The van der Waals surface area contributed by atoms with Gasteiger partial charge in [0.05, 0.1) is 17.3 Å². The van der Waals surface area contributed by atoms with Gasteiger partial charge in [-0.05, 0) is 55.3 Å². The molecule has 0 saturated heterocycles. The molecule has 0 amide bonds. The molecular formula is C20H19Cl3N4. The average molecular weight is 422 g/mol. The van der Waals surface area contributed by atoms with E-state index in [-0.39, 0.29) is 0 Å². The fraction of sp³-hybridized carbons (Fsp3) is 0.300. The third kappa shape index (κ3) is 4.30. The van der Waals surface area contributed by atoms with E-state index in [1.165, 1.54) is 25.7 Å². The lowest BCUT2D eigenvalue weighted by molar-refractivity contribution is 0.513. The van der Waals surface area contributed by atoms with Crippen molar-refractivity contribution in [1.82, 2.24) is 20.1 Å². The highest BCUT2D eigenvalue weighted by atomic mass is 35.5. The molecule has 1 fully saturated rings. The average Bonchev–Trinajstić information content (AvgIpc) is 3.30. The standard InChI is InChI=1S/C20H19Cl3N4/c21-14-7-5-13(6-8-14)20-25-19(12-24-16-3-1-2-4-16)26-27(20)18-10-9-15(22)11-17(18)23/h5-11,16,24H,1-4,12H2. The van der Waals surface area contributed by atoms with Gasteiger partial charge in [-0.2, -0.15) is 0 Å². The molecule has 27 heavy (non-hydrogen) atoms. The molecular weight excluding hydrogens is 403 g/mol. The Hall–Kier alpha value is -1.59.